The number of anilines is 1. The number of sulfone groups is 1. The molecule has 2 rings (SSSR count). The Bertz CT molecular complexity index is 475. The van der Waals surface area contributed by atoms with Crippen molar-refractivity contribution in [3.63, 3.8) is 0 Å². The average Bonchev–Trinajstić information content (AvgIpc) is 2.57. The van der Waals surface area contributed by atoms with Gasteiger partial charge in [-0.25, -0.2) is 8.42 Å². The molecule has 0 amide bonds. The van der Waals surface area contributed by atoms with Crippen LogP contribution >= 0.6 is 15.9 Å². The molecule has 1 aliphatic rings. The van der Waals surface area contributed by atoms with Crippen molar-refractivity contribution in [3.05, 3.63) is 22.9 Å². The van der Waals surface area contributed by atoms with E-state index in [4.69, 9.17) is 0 Å². The van der Waals surface area contributed by atoms with Crippen LogP contribution in [0.1, 0.15) is 6.42 Å². The maximum Gasteiger partial charge on any atom is 0.150 e. The van der Waals surface area contributed by atoms with Crippen molar-refractivity contribution in [2.24, 2.45) is 5.92 Å². The molecule has 2 heterocycles. The number of nitrogens with one attached hydrogen (secondary N) is 1. The minimum Gasteiger partial charge on any atom is -0.384 e. The molecule has 6 heteroatoms. The van der Waals surface area contributed by atoms with Gasteiger partial charge in [0.05, 0.1) is 21.7 Å². The molecule has 0 spiro atoms. The largest absolute Gasteiger partial charge is 0.384 e. The molecule has 0 bridgehead atoms. The molecule has 88 valence electrons. The van der Waals surface area contributed by atoms with Crippen molar-refractivity contribution in [2.75, 3.05) is 23.4 Å². The summed E-state index contributed by atoms with van der Waals surface area (Å²) in [4.78, 5) is 3.97. The molecular weight excluding hydrogens is 292 g/mol. The van der Waals surface area contributed by atoms with Crippen LogP contribution in [-0.2, 0) is 9.84 Å². The molecule has 0 aromatic carbocycles. The van der Waals surface area contributed by atoms with Crippen molar-refractivity contribution in [2.45, 2.75) is 6.42 Å². The van der Waals surface area contributed by atoms with E-state index < -0.39 is 9.84 Å². The first-order chi connectivity index (χ1) is 7.57. The van der Waals surface area contributed by atoms with Crippen molar-refractivity contribution >= 4 is 31.5 Å². The molecule has 0 aliphatic carbocycles. The van der Waals surface area contributed by atoms with Crippen LogP contribution in [0.4, 0.5) is 5.69 Å². The van der Waals surface area contributed by atoms with E-state index in [0.717, 1.165) is 16.6 Å². The monoisotopic (exact) mass is 304 g/mol. The number of hydrogen-bond acceptors (Lipinski definition) is 4. The van der Waals surface area contributed by atoms with Crippen molar-refractivity contribution in [1.82, 2.24) is 4.98 Å². The van der Waals surface area contributed by atoms with E-state index in [0.29, 0.717) is 18.1 Å². The summed E-state index contributed by atoms with van der Waals surface area (Å²) in [5.74, 6) is 0.865. The molecule has 1 saturated heterocycles. The van der Waals surface area contributed by atoms with Gasteiger partial charge >= 0.3 is 0 Å². The van der Waals surface area contributed by atoms with Gasteiger partial charge in [-0.1, -0.05) is 0 Å². The Morgan fingerprint density at radius 2 is 2.38 bits per heavy atom. The summed E-state index contributed by atoms with van der Waals surface area (Å²) in [6.07, 6.45) is 4.18. The van der Waals surface area contributed by atoms with Crippen LogP contribution in [0.2, 0.25) is 0 Å². The van der Waals surface area contributed by atoms with Crippen molar-refractivity contribution in [3.8, 4) is 0 Å². The smallest absolute Gasteiger partial charge is 0.150 e. The Kier molecular flexibility index (Phi) is 3.49. The minimum atomic E-state index is -2.77. The molecule has 1 fully saturated rings. The maximum atomic E-state index is 11.3. The molecule has 1 atom stereocenters. The maximum absolute atomic E-state index is 11.3. The third kappa shape index (κ3) is 2.95. The summed E-state index contributed by atoms with van der Waals surface area (Å²) >= 11 is 3.39. The van der Waals surface area contributed by atoms with Crippen molar-refractivity contribution in [1.29, 1.82) is 0 Å². The topological polar surface area (TPSA) is 59.1 Å². The lowest BCUT2D eigenvalue weighted by atomic mass is 10.1. The normalized spacial score (nSPS) is 23.2. The summed E-state index contributed by atoms with van der Waals surface area (Å²) in [5.41, 5.74) is 0.958. The van der Waals surface area contributed by atoms with E-state index in [-0.39, 0.29) is 5.92 Å². The molecule has 1 N–H and O–H groups in total. The van der Waals surface area contributed by atoms with Gasteiger partial charge in [0.2, 0.25) is 0 Å². The number of pyridine rings is 1. The molecule has 1 aromatic rings. The first-order valence-electron chi connectivity index (χ1n) is 5.11. The van der Waals surface area contributed by atoms with E-state index in [1.807, 2.05) is 6.07 Å². The fourth-order valence-electron chi connectivity index (χ4n) is 1.81. The molecular formula is C10H13BrN2O2S. The van der Waals surface area contributed by atoms with E-state index in [1.165, 1.54) is 0 Å². The third-order valence-electron chi connectivity index (χ3n) is 2.68. The van der Waals surface area contributed by atoms with Crippen LogP contribution in [0.25, 0.3) is 0 Å². The molecule has 1 aliphatic heterocycles. The van der Waals surface area contributed by atoms with Crippen LogP contribution in [0.5, 0.6) is 0 Å². The van der Waals surface area contributed by atoms with Gasteiger partial charge in [0.15, 0.2) is 9.84 Å². The Balaban J connectivity index is 1.92. The van der Waals surface area contributed by atoms with Gasteiger partial charge in [-0.3, -0.25) is 4.98 Å². The number of nitrogens with zero attached hydrogens (tertiary/aromatic N) is 1. The highest BCUT2D eigenvalue weighted by Gasteiger charge is 2.27. The van der Waals surface area contributed by atoms with Crippen LogP contribution in [0.15, 0.2) is 22.9 Å². The zero-order valence-corrected chi connectivity index (χ0v) is 11.1. The van der Waals surface area contributed by atoms with Gasteiger partial charge < -0.3 is 5.32 Å². The van der Waals surface area contributed by atoms with Crippen LogP contribution < -0.4 is 5.32 Å². The number of hydrogen-bond donors (Lipinski definition) is 1. The summed E-state index contributed by atoms with van der Waals surface area (Å²) in [5, 5.41) is 3.24. The highest BCUT2D eigenvalue weighted by Crippen LogP contribution is 2.23. The Morgan fingerprint density at radius 1 is 1.56 bits per heavy atom. The standard InChI is InChI=1S/C10H13BrN2O2S/c11-9-6-12-3-1-10(9)13-5-8-2-4-16(14,15)7-8/h1,3,6,8H,2,4-5,7H2,(H,12,13). The highest BCUT2D eigenvalue weighted by atomic mass is 79.9. The Morgan fingerprint density at radius 3 is 3.00 bits per heavy atom. The second-order valence-electron chi connectivity index (χ2n) is 4.01. The second-order valence-corrected chi connectivity index (χ2v) is 7.09. The Labute approximate surface area is 104 Å². The fourth-order valence-corrected chi connectivity index (χ4v) is 4.06. The van der Waals surface area contributed by atoms with Crippen LogP contribution in [-0.4, -0.2) is 31.5 Å². The third-order valence-corrected chi connectivity index (χ3v) is 5.15. The predicted molar refractivity (Wildman–Crippen MR) is 67.2 cm³/mol. The SMILES string of the molecule is O=S1(=O)CCC(CNc2ccncc2Br)C1. The molecule has 4 nitrogen and oxygen atoms in total. The zero-order chi connectivity index (χ0) is 11.6. The van der Waals surface area contributed by atoms with Crippen LogP contribution in [0, 0.1) is 5.92 Å². The quantitative estimate of drug-likeness (QED) is 0.923. The summed E-state index contributed by atoms with van der Waals surface area (Å²) in [7, 11) is -2.77. The van der Waals surface area contributed by atoms with E-state index in [1.54, 1.807) is 12.4 Å². The predicted octanol–water partition coefficient (Wildman–Crippen LogP) is 1.69. The molecule has 1 unspecified atom stereocenters. The second kappa shape index (κ2) is 4.71. The lowest BCUT2D eigenvalue weighted by molar-refractivity contribution is 0.596. The zero-order valence-electron chi connectivity index (χ0n) is 8.69. The van der Waals surface area contributed by atoms with E-state index in [9.17, 15) is 8.42 Å². The molecule has 1 aromatic heterocycles. The first-order valence-corrected chi connectivity index (χ1v) is 7.72. The van der Waals surface area contributed by atoms with Gasteiger partial charge in [0, 0.05) is 18.9 Å². The summed E-state index contributed by atoms with van der Waals surface area (Å²) in [6, 6.07) is 1.87. The van der Waals surface area contributed by atoms with Gasteiger partial charge in [0.1, 0.15) is 0 Å². The first kappa shape index (κ1) is 11.9. The summed E-state index contributed by atoms with van der Waals surface area (Å²) < 4.78 is 23.4. The average molecular weight is 305 g/mol. The number of aromatic nitrogens is 1. The van der Waals surface area contributed by atoms with E-state index in [2.05, 4.69) is 26.2 Å². The van der Waals surface area contributed by atoms with Gasteiger partial charge in [0.25, 0.3) is 0 Å². The summed E-state index contributed by atoms with van der Waals surface area (Å²) in [6.45, 7) is 0.696. The molecule has 0 saturated carbocycles. The Hall–Kier alpha value is -0.620. The van der Waals surface area contributed by atoms with Gasteiger partial charge in [-0.05, 0) is 34.3 Å². The minimum absolute atomic E-state index is 0.227. The van der Waals surface area contributed by atoms with Crippen LogP contribution in [0.3, 0.4) is 0 Å². The van der Waals surface area contributed by atoms with Gasteiger partial charge in [-0.15, -0.1) is 0 Å². The molecule has 16 heavy (non-hydrogen) atoms. The van der Waals surface area contributed by atoms with Crippen molar-refractivity contribution < 1.29 is 8.42 Å². The number of halogens is 1. The fraction of sp³-hybridized carbons (Fsp3) is 0.500. The lowest BCUT2D eigenvalue weighted by Gasteiger charge is -2.11. The molecule has 0 radical (unpaired) electrons. The highest BCUT2D eigenvalue weighted by molar-refractivity contribution is 9.10. The lowest BCUT2D eigenvalue weighted by Crippen LogP contribution is -2.15. The number of rotatable bonds is 3. The van der Waals surface area contributed by atoms with E-state index >= 15 is 0 Å². The van der Waals surface area contributed by atoms with Gasteiger partial charge in [-0.2, -0.15) is 0 Å².